The Hall–Kier alpha value is -2.31. The van der Waals surface area contributed by atoms with Gasteiger partial charge in [-0.3, -0.25) is 0 Å². The van der Waals surface area contributed by atoms with E-state index in [0.29, 0.717) is 6.61 Å². The Morgan fingerprint density at radius 1 is 1.05 bits per heavy atom. The van der Waals surface area contributed by atoms with Crippen LogP contribution in [-0.2, 0) is 11.3 Å². The van der Waals surface area contributed by atoms with Gasteiger partial charge in [-0.15, -0.1) is 0 Å². The summed E-state index contributed by atoms with van der Waals surface area (Å²) in [6.45, 7) is 4.14. The van der Waals surface area contributed by atoms with Gasteiger partial charge < -0.3 is 9.64 Å². The van der Waals surface area contributed by atoms with E-state index in [1.54, 1.807) is 4.90 Å². The molecule has 0 atom stereocenters. The minimum atomic E-state index is 0.196. The van der Waals surface area contributed by atoms with Crippen LogP contribution in [0.3, 0.4) is 0 Å². The highest BCUT2D eigenvalue weighted by atomic mass is 16.5. The van der Waals surface area contributed by atoms with Crippen LogP contribution in [0.2, 0.25) is 0 Å². The van der Waals surface area contributed by atoms with E-state index < -0.39 is 0 Å². The fraction of sp³-hybridized carbons (Fsp3) is 0.278. The van der Waals surface area contributed by atoms with Crippen LogP contribution < -0.4 is 0 Å². The Balaban J connectivity index is 1.57. The van der Waals surface area contributed by atoms with E-state index in [9.17, 15) is 0 Å². The van der Waals surface area contributed by atoms with E-state index in [0.717, 1.165) is 13.1 Å². The number of nitrogens with zero attached hydrogens (tertiary/aromatic N) is 2. The normalized spacial score (nSPS) is 14.6. The number of likely N-dealkylation sites (tertiary alicyclic amines) is 1. The summed E-state index contributed by atoms with van der Waals surface area (Å²) >= 11 is 0. The quantitative estimate of drug-likeness (QED) is 0.805. The zero-order valence-corrected chi connectivity index (χ0v) is 12.1. The zero-order chi connectivity index (χ0) is 14.7. The molecule has 1 saturated heterocycles. The molecule has 0 aliphatic carbocycles. The lowest BCUT2D eigenvalue weighted by atomic mass is 10.0. The van der Waals surface area contributed by atoms with E-state index in [2.05, 4.69) is 61.6 Å². The summed E-state index contributed by atoms with van der Waals surface area (Å²) in [5.74, 6) is 0. The lowest BCUT2D eigenvalue weighted by Crippen LogP contribution is -2.49. The van der Waals surface area contributed by atoms with Crippen molar-refractivity contribution in [3.63, 3.8) is 0 Å². The molecule has 0 amide bonds. The van der Waals surface area contributed by atoms with E-state index in [1.807, 2.05) is 0 Å². The molecule has 2 aromatic carbocycles. The van der Waals surface area contributed by atoms with Gasteiger partial charge in [0.25, 0.3) is 0 Å². The molecule has 0 N–H and O–H groups in total. The fourth-order valence-corrected chi connectivity index (χ4v) is 2.38. The third-order valence-electron chi connectivity index (χ3n) is 3.81. The molecular formula is C18H18N2O. The molecule has 3 nitrogen and oxygen atoms in total. The first-order valence-electron chi connectivity index (χ1n) is 7.17. The number of hydrogen-bond acceptors (Lipinski definition) is 3. The number of aryl methyl sites for hydroxylation is 1. The largest absolute Gasteiger partial charge is 0.370 e. The summed E-state index contributed by atoms with van der Waals surface area (Å²) in [4.78, 5) is 1.70. The maximum Gasteiger partial charge on any atom is 0.179 e. The standard InChI is InChI=1S/C18H18N2O/c1-14-2-6-16(7-3-14)17-8-4-15(5-9-17)12-21-18-10-20(11-18)13-19/h2-9,18H,10-12H2,1H3. The predicted octanol–water partition coefficient (Wildman–Crippen LogP) is 3.34. The molecule has 1 aliphatic rings. The highest BCUT2D eigenvalue weighted by Gasteiger charge is 2.26. The van der Waals surface area contributed by atoms with Crippen LogP contribution in [0.15, 0.2) is 48.5 Å². The third kappa shape index (κ3) is 3.24. The van der Waals surface area contributed by atoms with Crippen molar-refractivity contribution in [2.75, 3.05) is 13.1 Å². The first kappa shape index (κ1) is 13.7. The summed E-state index contributed by atoms with van der Waals surface area (Å²) in [5.41, 5.74) is 4.90. The van der Waals surface area contributed by atoms with Crippen molar-refractivity contribution >= 4 is 0 Å². The van der Waals surface area contributed by atoms with Crippen LogP contribution in [0.25, 0.3) is 11.1 Å². The summed E-state index contributed by atoms with van der Waals surface area (Å²) in [6.07, 6.45) is 2.31. The van der Waals surface area contributed by atoms with Gasteiger partial charge >= 0.3 is 0 Å². The van der Waals surface area contributed by atoms with E-state index >= 15 is 0 Å². The topological polar surface area (TPSA) is 36.3 Å². The molecule has 0 bridgehead atoms. The van der Waals surface area contributed by atoms with Crippen LogP contribution in [0.1, 0.15) is 11.1 Å². The molecule has 0 saturated carbocycles. The Morgan fingerprint density at radius 2 is 1.62 bits per heavy atom. The van der Waals surface area contributed by atoms with Gasteiger partial charge in [-0.1, -0.05) is 54.1 Å². The van der Waals surface area contributed by atoms with Crippen LogP contribution in [0.4, 0.5) is 0 Å². The Morgan fingerprint density at radius 3 is 2.19 bits per heavy atom. The van der Waals surface area contributed by atoms with Gasteiger partial charge in [0.2, 0.25) is 0 Å². The van der Waals surface area contributed by atoms with Crippen LogP contribution >= 0.6 is 0 Å². The molecule has 1 heterocycles. The van der Waals surface area contributed by atoms with Gasteiger partial charge in [0, 0.05) is 0 Å². The van der Waals surface area contributed by atoms with Crippen molar-refractivity contribution in [3.8, 4) is 17.3 Å². The smallest absolute Gasteiger partial charge is 0.179 e. The Bertz CT molecular complexity index is 634. The van der Waals surface area contributed by atoms with Crippen molar-refractivity contribution in [2.45, 2.75) is 19.6 Å². The highest BCUT2D eigenvalue weighted by Crippen LogP contribution is 2.21. The first-order chi connectivity index (χ1) is 10.2. The van der Waals surface area contributed by atoms with Crippen molar-refractivity contribution in [1.82, 2.24) is 4.90 Å². The Kier molecular flexibility index (Phi) is 3.89. The molecule has 21 heavy (non-hydrogen) atoms. The molecule has 106 valence electrons. The molecule has 2 aromatic rings. The summed E-state index contributed by atoms with van der Waals surface area (Å²) < 4.78 is 5.76. The first-order valence-corrected chi connectivity index (χ1v) is 7.17. The summed E-state index contributed by atoms with van der Waals surface area (Å²) in [6, 6.07) is 17.0. The second-order valence-corrected chi connectivity index (χ2v) is 5.50. The van der Waals surface area contributed by atoms with E-state index in [4.69, 9.17) is 10.00 Å². The van der Waals surface area contributed by atoms with Gasteiger partial charge in [0.05, 0.1) is 25.8 Å². The maximum atomic E-state index is 8.67. The molecule has 3 heteroatoms. The SMILES string of the molecule is Cc1ccc(-c2ccc(COC3CN(C#N)C3)cc2)cc1. The van der Waals surface area contributed by atoms with Gasteiger partial charge in [0.15, 0.2) is 6.19 Å². The highest BCUT2D eigenvalue weighted by molar-refractivity contribution is 5.63. The summed E-state index contributed by atoms with van der Waals surface area (Å²) in [5, 5.41) is 8.67. The fourth-order valence-electron chi connectivity index (χ4n) is 2.38. The van der Waals surface area contributed by atoms with Crippen LogP contribution in [-0.4, -0.2) is 24.1 Å². The molecule has 0 radical (unpaired) electrons. The molecular weight excluding hydrogens is 260 g/mol. The van der Waals surface area contributed by atoms with Crippen molar-refractivity contribution in [2.24, 2.45) is 0 Å². The zero-order valence-electron chi connectivity index (χ0n) is 12.1. The average Bonchev–Trinajstić information content (AvgIpc) is 2.47. The van der Waals surface area contributed by atoms with Gasteiger partial charge in [-0.25, -0.2) is 0 Å². The minimum Gasteiger partial charge on any atom is -0.370 e. The number of hydrogen-bond donors (Lipinski definition) is 0. The molecule has 0 aromatic heterocycles. The maximum absolute atomic E-state index is 8.67. The van der Waals surface area contributed by atoms with Crippen molar-refractivity contribution in [3.05, 3.63) is 59.7 Å². The van der Waals surface area contributed by atoms with Crippen molar-refractivity contribution in [1.29, 1.82) is 5.26 Å². The Labute approximate surface area is 125 Å². The number of rotatable bonds is 4. The molecule has 1 fully saturated rings. The molecule has 0 spiro atoms. The second-order valence-electron chi connectivity index (χ2n) is 5.50. The van der Waals surface area contributed by atoms with Crippen molar-refractivity contribution < 1.29 is 4.74 Å². The monoisotopic (exact) mass is 278 g/mol. The minimum absolute atomic E-state index is 0.196. The second kappa shape index (κ2) is 5.99. The summed E-state index contributed by atoms with van der Waals surface area (Å²) in [7, 11) is 0. The predicted molar refractivity (Wildman–Crippen MR) is 82.4 cm³/mol. The van der Waals surface area contributed by atoms with Crippen LogP contribution in [0.5, 0.6) is 0 Å². The van der Waals surface area contributed by atoms with E-state index in [-0.39, 0.29) is 6.10 Å². The van der Waals surface area contributed by atoms with E-state index in [1.165, 1.54) is 22.3 Å². The van der Waals surface area contributed by atoms with Gasteiger partial charge in [0.1, 0.15) is 0 Å². The molecule has 1 aliphatic heterocycles. The molecule has 0 unspecified atom stereocenters. The van der Waals surface area contributed by atoms with Gasteiger partial charge in [-0.2, -0.15) is 5.26 Å². The molecule has 3 rings (SSSR count). The number of benzene rings is 2. The lowest BCUT2D eigenvalue weighted by molar-refractivity contribution is -0.0400. The average molecular weight is 278 g/mol. The number of nitriles is 1. The number of ether oxygens (including phenoxy) is 1. The lowest BCUT2D eigenvalue weighted by Gasteiger charge is -2.34. The third-order valence-corrected chi connectivity index (χ3v) is 3.81. The van der Waals surface area contributed by atoms with Gasteiger partial charge in [-0.05, 0) is 23.6 Å². The van der Waals surface area contributed by atoms with Crippen LogP contribution in [0, 0.1) is 18.4 Å².